The summed E-state index contributed by atoms with van der Waals surface area (Å²) in [5.74, 6) is -2.37. The van der Waals surface area contributed by atoms with Gasteiger partial charge in [0.05, 0.1) is 18.6 Å². The van der Waals surface area contributed by atoms with Crippen LogP contribution in [0.3, 0.4) is 0 Å². The fourth-order valence-electron chi connectivity index (χ4n) is 3.39. The average Bonchev–Trinajstić information content (AvgIpc) is 2.83. The molecule has 0 amide bonds. The third kappa shape index (κ3) is 4.93. The molecule has 9 heteroatoms. The number of nitrogens with one attached hydrogen (secondary N) is 1. The number of fused-ring (bicyclic) bond motifs is 2. The fourth-order valence-corrected chi connectivity index (χ4v) is 3.39. The van der Waals surface area contributed by atoms with Crippen molar-refractivity contribution in [3.63, 3.8) is 0 Å². The van der Waals surface area contributed by atoms with Crippen molar-refractivity contribution in [2.24, 2.45) is 4.99 Å². The molecule has 0 atom stereocenters. The van der Waals surface area contributed by atoms with Gasteiger partial charge in [0.1, 0.15) is 17.2 Å². The number of carbonyl (C=O) groups is 1. The maximum absolute atomic E-state index is 14.7. The molecule has 0 saturated heterocycles. The summed E-state index contributed by atoms with van der Waals surface area (Å²) in [6.07, 6.45) is 7.74. The van der Waals surface area contributed by atoms with Crippen LogP contribution in [0.25, 0.3) is 0 Å². The number of carboxylic acid groups (broad SMARTS) is 1. The van der Waals surface area contributed by atoms with Crippen LogP contribution in [0, 0.1) is 5.82 Å². The molecule has 0 unspecified atom stereocenters. The number of anilines is 1. The molecule has 3 heterocycles. The minimum absolute atomic E-state index is 0.0878. The van der Waals surface area contributed by atoms with E-state index in [1.165, 1.54) is 30.8 Å². The highest BCUT2D eigenvalue weighted by atomic mass is 19.1. The Hall–Kier alpha value is -3.75. The van der Waals surface area contributed by atoms with Gasteiger partial charge in [-0.1, -0.05) is 12.5 Å². The first-order valence-corrected chi connectivity index (χ1v) is 10.1. The third-order valence-corrected chi connectivity index (χ3v) is 4.98. The maximum atomic E-state index is 14.7. The molecule has 1 aromatic heterocycles. The van der Waals surface area contributed by atoms with Crippen LogP contribution >= 0.6 is 0 Å². The van der Waals surface area contributed by atoms with E-state index >= 15 is 0 Å². The molecule has 32 heavy (non-hydrogen) atoms. The number of hydrogen-bond donors (Lipinski definition) is 3. The zero-order valence-corrected chi connectivity index (χ0v) is 18.1. The van der Waals surface area contributed by atoms with E-state index in [1.807, 2.05) is 0 Å². The van der Waals surface area contributed by atoms with Gasteiger partial charge >= 0.3 is 5.97 Å². The molecule has 168 valence electrons. The second-order valence-corrected chi connectivity index (χ2v) is 7.66. The molecule has 4 N–H and O–H groups in total. The van der Waals surface area contributed by atoms with Crippen molar-refractivity contribution in [2.45, 2.75) is 33.6 Å². The second kappa shape index (κ2) is 9.59. The highest BCUT2D eigenvalue weighted by Crippen LogP contribution is 2.29. The summed E-state index contributed by atoms with van der Waals surface area (Å²) in [7, 11) is 0. The molecule has 0 fully saturated rings. The first-order valence-electron chi connectivity index (χ1n) is 10.1. The van der Waals surface area contributed by atoms with E-state index in [2.05, 4.69) is 15.3 Å². The minimum Gasteiger partial charge on any atom is -0.478 e. The zero-order valence-electron chi connectivity index (χ0n) is 18.1. The zero-order chi connectivity index (χ0) is 23.4. The smallest absolute Gasteiger partial charge is 0.339 e. The number of aliphatic imine (C=N–C) groups is 1. The van der Waals surface area contributed by atoms with Crippen LogP contribution in [0.4, 0.5) is 14.6 Å². The summed E-state index contributed by atoms with van der Waals surface area (Å²) >= 11 is 0. The van der Waals surface area contributed by atoms with Gasteiger partial charge in [0, 0.05) is 18.8 Å². The number of aliphatic carboxylic acids is 1. The minimum atomic E-state index is -1.21. The normalized spacial score (nSPS) is 16.1. The lowest BCUT2D eigenvalue weighted by Gasteiger charge is -2.27. The number of carboxylic acids is 1. The lowest BCUT2D eigenvalue weighted by molar-refractivity contribution is -0.132. The number of aromatic nitrogens is 1. The Morgan fingerprint density at radius 3 is 2.81 bits per heavy atom. The number of halogens is 2. The number of rotatable bonds is 7. The van der Waals surface area contributed by atoms with Crippen LogP contribution < -0.4 is 11.1 Å². The standard InChI is InChI=1S/C23H25F2N5O2/c1-4-19(18(24)7-13(2)3)29-22-17(23(31)32)9-15(16-10-27-12-30(22)11-16)8-14-5-6-28-21(26)20(14)25/h5-7,9-10,12,29H,4,8,11H2,1-3H3,(H2,26,28)(H,31,32)/b19-18-. The molecule has 0 spiro atoms. The largest absolute Gasteiger partial charge is 0.478 e. The molecule has 2 aliphatic heterocycles. The van der Waals surface area contributed by atoms with E-state index < -0.39 is 17.6 Å². The predicted octanol–water partition coefficient (Wildman–Crippen LogP) is 3.96. The number of nitrogen functional groups attached to an aromatic ring is 1. The number of hydrogen-bond acceptors (Lipinski definition) is 6. The molecule has 2 aliphatic rings. The van der Waals surface area contributed by atoms with Gasteiger partial charge in [0.25, 0.3) is 0 Å². The Morgan fingerprint density at radius 2 is 2.16 bits per heavy atom. The molecule has 0 aromatic carbocycles. The van der Waals surface area contributed by atoms with Crippen molar-refractivity contribution in [2.75, 3.05) is 12.3 Å². The topological polar surface area (TPSA) is 104 Å². The van der Waals surface area contributed by atoms with Gasteiger partial charge in [-0.05, 0) is 55.2 Å². The van der Waals surface area contributed by atoms with Gasteiger partial charge in [0.15, 0.2) is 11.6 Å². The Kier molecular flexibility index (Phi) is 6.87. The number of allylic oxidation sites excluding steroid dienone is 4. The van der Waals surface area contributed by atoms with Gasteiger partial charge in [0.2, 0.25) is 0 Å². The van der Waals surface area contributed by atoms with Crippen molar-refractivity contribution < 1.29 is 18.7 Å². The Balaban J connectivity index is 2.11. The van der Waals surface area contributed by atoms with Crippen molar-refractivity contribution in [3.8, 4) is 0 Å². The molecular weight excluding hydrogens is 416 g/mol. The molecule has 1 aromatic rings. The van der Waals surface area contributed by atoms with E-state index in [9.17, 15) is 18.7 Å². The van der Waals surface area contributed by atoms with Gasteiger partial charge in [-0.2, -0.15) is 0 Å². The van der Waals surface area contributed by atoms with E-state index in [0.29, 0.717) is 17.6 Å². The number of pyridine rings is 1. The maximum Gasteiger partial charge on any atom is 0.339 e. The van der Waals surface area contributed by atoms with Gasteiger partial charge in [-0.25, -0.2) is 23.6 Å². The van der Waals surface area contributed by atoms with E-state index in [4.69, 9.17) is 5.73 Å². The van der Waals surface area contributed by atoms with E-state index in [-0.39, 0.29) is 41.4 Å². The summed E-state index contributed by atoms with van der Waals surface area (Å²) < 4.78 is 29.2. The lowest BCUT2D eigenvalue weighted by Crippen LogP contribution is -2.35. The van der Waals surface area contributed by atoms with E-state index in [1.54, 1.807) is 31.9 Å². The summed E-state index contributed by atoms with van der Waals surface area (Å²) in [5.41, 5.74) is 8.07. The highest BCUT2D eigenvalue weighted by molar-refractivity contribution is 5.92. The molecule has 7 nitrogen and oxygen atoms in total. The Labute approximate surface area is 185 Å². The summed E-state index contributed by atoms with van der Waals surface area (Å²) in [5, 5.41) is 12.9. The molecule has 2 bridgehead atoms. The Bertz CT molecular complexity index is 1130. The first kappa shape index (κ1) is 22.9. The number of nitrogens with two attached hydrogens (primary N) is 1. The van der Waals surface area contributed by atoms with Gasteiger partial charge in [-0.3, -0.25) is 0 Å². The van der Waals surface area contributed by atoms with Crippen LogP contribution in [0.1, 0.15) is 32.8 Å². The quantitative estimate of drug-likeness (QED) is 0.554. The Morgan fingerprint density at radius 1 is 1.41 bits per heavy atom. The molecule has 0 saturated carbocycles. The summed E-state index contributed by atoms with van der Waals surface area (Å²) in [6.45, 7) is 5.60. The fraction of sp³-hybridized carbons (Fsp3) is 0.261. The molecule has 0 aliphatic carbocycles. The van der Waals surface area contributed by atoms with Gasteiger partial charge < -0.3 is 21.1 Å². The van der Waals surface area contributed by atoms with Crippen molar-refractivity contribution in [1.82, 2.24) is 15.2 Å². The number of nitrogens with zero attached hydrogens (tertiary/aromatic N) is 3. The van der Waals surface area contributed by atoms with Gasteiger partial charge in [-0.15, -0.1) is 0 Å². The highest BCUT2D eigenvalue weighted by Gasteiger charge is 2.27. The van der Waals surface area contributed by atoms with Crippen LogP contribution in [-0.4, -0.2) is 33.8 Å². The SMILES string of the molecule is CC/C(NC1=C(C(=O)O)C=C(Cc2ccnc(N)c2F)C2=CN=CN1C2)=C(/F)C=C(C)C. The van der Waals surface area contributed by atoms with Crippen LogP contribution in [-0.2, 0) is 11.2 Å². The van der Waals surface area contributed by atoms with Crippen molar-refractivity contribution in [3.05, 3.63) is 81.6 Å². The van der Waals surface area contributed by atoms with Crippen LogP contribution in [0.5, 0.6) is 0 Å². The summed E-state index contributed by atoms with van der Waals surface area (Å²) in [4.78, 5) is 21.7. The lowest BCUT2D eigenvalue weighted by atomic mass is 9.97. The molecule has 0 radical (unpaired) electrons. The second-order valence-electron chi connectivity index (χ2n) is 7.66. The van der Waals surface area contributed by atoms with E-state index in [0.717, 1.165) is 5.57 Å². The van der Waals surface area contributed by atoms with Crippen molar-refractivity contribution in [1.29, 1.82) is 0 Å². The first-order chi connectivity index (χ1) is 15.2. The third-order valence-electron chi connectivity index (χ3n) is 4.98. The monoisotopic (exact) mass is 441 g/mol. The summed E-state index contributed by atoms with van der Waals surface area (Å²) in [6, 6.07) is 1.50. The van der Waals surface area contributed by atoms with Crippen molar-refractivity contribution >= 4 is 18.1 Å². The van der Waals surface area contributed by atoms with Crippen LogP contribution in [0.15, 0.2) is 75.2 Å². The molecular formula is C23H25F2N5O2. The predicted molar refractivity (Wildman–Crippen MR) is 119 cm³/mol. The molecule has 3 rings (SSSR count). The average molecular weight is 441 g/mol. The van der Waals surface area contributed by atoms with Crippen LogP contribution in [0.2, 0.25) is 0 Å².